The highest BCUT2D eigenvalue weighted by Crippen LogP contribution is 2.28. The van der Waals surface area contributed by atoms with Gasteiger partial charge in [-0.1, -0.05) is 0 Å². The van der Waals surface area contributed by atoms with Crippen molar-refractivity contribution in [3.05, 3.63) is 34.1 Å². The van der Waals surface area contributed by atoms with Gasteiger partial charge in [0.2, 0.25) is 5.91 Å². The van der Waals surface area contributed by atoms with Gasteiger partial charge < -0.3 is 10.2 Å². The predicted molar refractivity (Wildman–Crippen MR) is 74.2 cm³/mol. The molecule has 0 atom stereocenters. The van der Waals surface area contributed by atoms with E-state index in [4.69, 9.17) is 0 Å². The minimum atomic E-state index is -0.586. The first-order valence-electron chi connectivity index (χ1n) is 6.33. The third-order valence-electron chi connectivity index (χ3n) is 2.64. The Bertz CT molecular complexity index is 506. The number of nitrogens with zero attached hydrogens (tertiary/aromatic N) is 2. The summed E-state index contributed by atoms with van der Waals surface area (Å²) in [6.45, 7) is 5.68. The van der Waals surface area contributed by atoms with E-state index in [2.05, 4.69) is 5.32 Å². The summed E-state index contributed by atoms with van der Waals surface area (Å²) in [5.41, 5.74) is -0.109. The quantitative estimate of drug-likeness (QED) is 0.640. The third kappa shape index (κ3) is 4.18. The Balaban J connectivity index is 3.02. The Kier molecular flexibility index (Phi) is 5.42. The van der Waals surface area contributed by atoms with Gasteiger partial charge in [-0.15, -0.1) is 0 Å². The van der Waals surface area contributed by atoms with Crippen molar-refractivity contribution >= 4 is 17.3 Å². The molecule has 1 aromatic carbocycles. The van der Waals surface area contributed by atoms with Crippen LogP contribution >= 0.6 is 0 Å². The molecule has 0 fully saturated rings. The van der Waals surface area contributed by atoms with Crippen LogP contribution in [0.3, 0.4) is 0 Å². The van der Waals surface area contributed by atoms with E-state index >= 15 is 0 Å². The molecule has 1 rings (SSSR count). The molecule has 0 saturated heterocycles. The number of halogens is 1. The van der Waals surface area contributed by atoms with Crippen LogP contribution in [0.2, 0.25) is 0 Å². The molecule has 0 spiro atoms. The lowest BCUT2D eigenvalue weighted by Crippen LogP contribution is -2.40. The van der Waals surface area contributed by atoms with Crippen molar-refractivity contribution in [3.8, 4) is 0 Å². The van der Waals surface area contributed by atoms with E-state index in [1.165, 1.54) is 4.90 Å². The number of carbonyl (C=O) groups excluding carboxylic acids is 1. The van der Waals surface area contributed by atoms with E-state index in [1.807, 2.05) is 13.8 Å². The van der Waals surface area contributed by atoms with E-state index in [9.17, 15) is 19.3 Å². The van der Waals surface area contributed by atoms with E-state index in [-0.39, 0.29) is 29.9 Å². The number of nitro benzene ring substituents is 1. The van der Waals surface area contributed by atoms with Gasteiger partial charge in [0.05, 0.1) is 11.5 Å². The van der Waals surface area contributed by atoms with Crippen LogP contribution in [-0.2, 0) is 4.79 Å². The third-order valence-corrected chi connectivity index (χ3v) is 2.64. The zero-order chi connectivity index (χ0) is 15.3. The lowest BCUT2D eigenvalue weighted by atomic mass is 10.2. The molecule has 1 N–H and O–H groups in total. The summed E-state index contributed by atoms with van der Waals surface area (Å²) >= 11 is 0. The average Bonchev–Trinajstić information content (AvgIpc) is 2.34. The van der Waals surface area contributed by atoms with Gasteiger partial charge in [0.15, 0.2) is 0 Å². The smallest absolute Gasteiger partial charge is 0.292 e. The number of anilines is 1. The van der Waals surface area contributed by atoms with Gasteiger partial charge in [-0.25, -0.2) is 4.39 Å². The molecule has 110 valence electrons. The van der Waals surface area contributed by atoms with E-state index in [0.717, 1.165) is 18.2 Å². The van der Waals surface area contributed by atoms with Gasteiger partial charge in [-0.05, 0) is 26.8 Å². The number of hydrogen-bond acceptors (Lipinski definition) is 4. The van der Waals surface area contributed by atoms with Gasteiger partial charge in [0.1, 0.15) is 11.5 Å². The summed E-state index contributed by atoms with van der Waals surface area (Å²) in [4.78, 5) is 23.6. The second kappa shape index (κ2) is 6.83. The molecule has 0 aliphatic rings. The fraction of sp³-hybridized carbons (Fsp3) is 0.462. The highest BCUT2D eigenvalue weighted by Gasteiger charge is 2.21. The number of nitro groups is 1. The first-order chi connectivity index (χ1) is 9.35. The van der Waals surface area contributed by atoms with Crippen LogP contribution in [0.15, 0.2) is 18.2 Å². The minimum Gasteiger partial charge on any atom is -0.357 e. The molecule has 0 bridgehead atoms. The molecular weight excluding hydrogens is 265 g/mol. The second-order valence-corrected chi connectivity index (χ2v) is 4.63. The molecular formula is C13H18FN3O3. The maximum Gasteiger partial charge on any atom is 0.292 e. The lowest BCUT2D eigenvalue weighted by molar-refractivity contribution is -0.384. The number of carbonyl (C=O) groups is 1. The maximum absolute atomic E-state index is 13.3. The van der Waals surface area contributed by atoms with Crippen molar-refractivity contribution in [2.45, 2.75) is 26.8 Å². The molecule has 20 heavy (non-hydrogen) atoms. The molecule has 0 saturated carbocycles. The largest absolute Gasteiger partial charge is 0.357 e. The fourth-order valence-corrected chi connectivity index (χ4v) is 1.81. The molecule has 0 radical (unpaired) electrons. The first-order valence-corrected chi connectivity index (χ1v) is 6.33. The molecule has 0 aromatic heterocycles. The molecule has 1 aromatic rings. The lowest BCUT2D eigenvalue weighted by Gasteiger charge is -2.22. The average molecular weight is 283 g/mol. The number of rotatable bonds is 6. The zero-order valence-electron chi connectivity index (χ0n) is 11.7. The van der Waals surface area contributed by atoms with Crippen LogP contribution < -0.4 is 10.2 Å². The van der Waals surface area contributed by atoms with Crippen LogP contribution in [0.5, 0.6) is 0 Å². The maximum atomic E-state index is 13.3. The van der Waals surface area contributed by atoms with Crippen molar-refractivity contribution in [2.75, 3.05) is 18.0 Å². The van der Waals surface area contributed by atoms with Crippen molar-refractivity contribution in [1.82, 2.24) is 5.32 Å². The Morgan fingerprint density at radius 1 is 1.50 bits per heavy atom. The summed E-state index contributed by atoms with van der Waals surface area (Å²) in [5.74, 6) is -0.839. The standard InChI is InChI=1S/C13H18FN3O3/c1-4-16(8-13(18)15-9(2)3)12-7-10(14)5-6-11(12)17(19)20/h5-7,9H,4,8H2,1-3H3,(H,15,18). The highest BCUT2D eigenvalue weighted by molar-refractivity contribution is 5.82. The normalized spacial score (nSPS) is 10.4. The SMILES string of the molecule is CCN(CC(=O)NC(C)C)c1cc(F)ccc1[N+](=O)[O-]. The summed E-state index contributed by atoms with van der Waals surface area (Å²) in [7, 11) is 0. The summed E-state index contributed by atoms with van der Waals surface area (Å²) in [6, 6.07) is 3.19. The first kappa shape index (κ1) is 15.9. The zero-order valence-corrected chi connectivity index (χ0v) is 11.7. The molecule has 0 unspecified atom stereocenters. The predicted octanol–water partition coefficient (Wildman–Crippen LogP) is 2.08. The van der Waals surface area contributed by atoms with Crippen molar-refractivity contribution in [1.29, 1.82) is 0 Å². The van der Waals surface area contributed by atoms with Gasteiger partial charge in [-0.3, -0.25) is 14.9 Å². The molecule has 7 heteroatoms. The fourth-order valence-electron chi connectivity index (χ4n) is 1.81. The number of amides is 1. The van der Waals surface area contributed by atoms with Crippen molar-refractivity contribution in [3.63, 3.8) is 0 Å². The summed E-state index contributed by atoms with van der Waals surface area (Å²) in [5, 5.41) is 13.7. The molecule has 0 aliphatic carbocycles. The highest BCUT2D eigenvalue weighted by atomic mass is 19.1. The van der Waals surface area contributed by atoms with Gasteiger partial charge >= 0.3 is 0 Å². The second-order valence-electron chi connectivity index (χ2n) is 4.63. The molecule has 1 amide bonds. The topological polar surface area (TPSA) is 75.5 Å². The number of benzene rings is 1. The number of likely N-dealkylation sites (N-methyl/N-ethyl adjacent to an activating group) is 1. The number of hydrogen-bond donors (Lipinski definition) is 1. The Hall–Kier alpha value is -2.18. The molecule has 6 nitrogen and oxygen atoms in total. The van der Waals surface area contributed by atoms with E-state index in [0.29, 0.717) is 6.54 Å². The van der Waals surface area contributed by atoms with Crippen LogP contribution in [0.1, 0.15) is 20.8 Å². The van der Waals surface area contributed by atoms with Crippen LogP contribution in [0, 0.1) is 15.9 Å². The summed E-state index contributed by atoms with van der Waals surface area (Å²) in [6.07, 6.45) is 0. The Labute approximate surface area is 116 Å². The van der Waals surface area contributed by atoms with Crippen molar-refractivity contribution < 1.29 is 14.1 Å². The van der Waals surface area contributed by atoms with Gasteiger partial charge in [0, 0.05) is 24.7 Å². The van der Waals surface area contributed by atoms with E-state index < -0.39 is 10.7 Å². The van der Waals surface area contributed by atoms with Crippen LogP contribution in [0.4, 0.5) is 15.8 Å². The Morgan fingerprint density at radius 2 is 2.15 bits per heavy atom. The van der Waals surface area contributed by atoms with Crippen LogP contribution in [-0.4, -0.2) is 30.0 Å². The monoisotopic (exact) mass is 283 g/mol. The minimum absolute atomic E-state index is 0.0244. The molecule has 0 heterocycles. The van der Waals surface area contributed by atoms with Gasteiger partial charge in [-0.2, -0.15) is 0 Å². The molecule has 0 aliphatic heterocycles. The Morgan fingerprint density at radius 3 is 2.65 bits per heavy atom. The van der Waals surface area contributed by atoms with Crippen molar-refractivity contribution in [2.24, 2.45) is 0 Å². The van der Waals surface area contributed by atoms with Crippen LogP contribution in [0.25, 0.3) is 0 Å². The van der Waals surface area contributed by atoms with E-state index in [1.54, 1.807) is 6.92 Å². The summed E-state index contributed by atoms with van der Waals surface area (Å²) < 4.78 is 13.3. The number of nitrogens with one attached hydrogen (secondary N) is 1. The van der Waals surface area contributed by atoms with Gasteiger partial charge in [0.25, 0.3) is 5.69 Å².